The van der Waals surface area contributed by atoms with Gasteiger partial charge in [-0.15, -0.1) is 0 Å². The number of hydrogen-bond donors (Lipinski definition) is 1. The molecule has 0 unspecified atom stereocenters. The fourth-order valence-electron chi connectivity index (χ4n) is 2.06. The summed E-state index contributed by atoms with van der Waals surface area (Å²) in [5.74, 6) is 1.23. The first-order valence-corrected chi connectivity index (χ1v) is 9.17. The molecule has 0 saturated heterocycles. The summed E-state index contributed by atoms with van der Waals surface area (Å²) in [6.07, 6.45) is 0. The van der Waals surface area contributed by atoms with Crippen molar-refractivity contribution in [2.75, 3.05) is 38.9 Å². The maximum Gasteiger partial charge on any atom is 0.165 e. The Hall–Kier alpha value is -1.47. The van der Waals surface area contributed by atoms with Gasteiger partial charge in [-0.3, -0.25) is 0 Å². The van der Waals surface area contributed by atoms with Gasteiger partial charge in [0.15, 0.2) is 21.3 Å². The van der Waals surface area contributed by atoms with Crippen molar-refractivity contribution in [2.24, 2.45) is 0 Å². The molecule has 0 saturated carbocycles. The normalized spacial score (nSPS) is 12.1. The summed E-state index contributed by atoms with van der Waals surface area (Å²) in [5.41, 5.74) is 0.634. The number of methoxy groups -OCH3 is 2. The van der Waals surface area contributed by atoms with Gasteiger partial charge in [-0.25, -0.2) is 8.42 Å². The van der Waals surface area contributed by atoms with E-state index in [2.05, 4.69) is 0 Å². The Morgan fingerprint density at radius 1 is 1.09 bits per heavy atom. The van der Waals surface area contributed by atoms with Crippen LogP contribution in [0.2, 0.25) is 0 Å². The lowest BCUT2D eigenvalue weighted by molar-refractivity contribution is 0.298. The Bertz CT molecular complexity index is 616. The summed E-state index contributed by atoms with van der Waals surface area (Å²) in [6, 6.07) is 3.56. The van der Waals surface area contributed by atoms with Crippen molar-refractivity contribution in [3.63, 3.8) is 0 Å². The van der Waals surface area contributed by atoms with Gasteiger partial charge in [-0.05, 0) is 11.5 Å². The van der Waals surface area contributed by atoms with E-state index in [1.165, 1.54) is 7.11 Å². The molecule has 1 aromatic carbocycles. The van der Waals surface area contributed by atoms with Crippen LogP contribution in [0.15, 0.2) is 12.1 Å². The molecule has 132 valence electrons. The number of aliphatic hydroxyl groups is 1. The van der Waals surface area contributed by atoms with E-state index in [-0.39, 0.29) is 30.1 Å². The molecule has 0 fully saturated rings. The summed E-state index contributed by atoms with van der Waals surface area (Å²) < 4.78 is 39.7. The molecule has 0 aliphatic heterocycles. The van der Waals surface area contributed by atoms with Gasteiger partial charge in [0.05, 0.1) is 32.3 Å². The predicted octanol–water partition coefficient (Wildman–Crippen LogP) is 1.79. The minimum atomic E-state index is -3.32. The van der Waals surface area contributed by atoms with Gasteiger partial charge in [0.1, 0.15) is 12.4 Å². The molecule has 0 aliphatic carbocycles. The number of aliphatic hydroxyl groups excluding tert-OH is 1. The minimum absolute atomic E-state index is 0.00585. The molecule has 0 heterocycles. The standard InChI is InChI=1S/C16H26O6S/c1-16(2,3)13-10-12(20-4)11-14(21-5)15(13)22-7-9-23(18,19)8-6-17/h10-11,17H,6-9H2,1-5H3. The number of ether oxygens (including phenoxy) is 3. The van der Waals surface area contributed by atoms with Gasteiger partial charge in [-0.1, -0.05) is 20.8 Å². The van der Waals surface area contributed by atoms with Crippen molar-refractivity contribution in [2.45, 2.75) is 26.2 Å². The van der Waals surface area contributed by atoms with Crippen molar-refractivity contribution < 1.29 is 27.7 Å². The second-order valence-corrected chi connectivity index (χ2v) is 8.48. The highest BCUT2D eigenvalue weighted by Crippen LogP contribution is 2.41. The van der Waals surface area contributed by atoms with Crippen LogP contribution in [0.3, 0.4) is 0 Å². The van der Waals surface area contributed by atoms with E-state index >= 15 is 0 Å². The van der Waals surface area contributed by atoms with E-state index in [0.717, 1.165) is 5.56 Å². The van der Waals surface area contributed by atoms with Gasteiger partial charge >= 0.3 is 0 Å². The monoisotopic (exact) mass is 346 g/mol. The average molecular weight is 346 g/mol. The molecule has 0 spiro atoms. The molecule has 0 radical (unpaired) electrons. The quantitative estimate of drug-likeness (QED) is 0.773. The van der Waals surface area contributed by atoms with Crippen LogP contribution in [0.4, 0.5) is 0 Å². The van der Waals surface area contributed by atoms with E-state index < -0.39 is 9.84 Å². The van der Waals surface area contributed by atoms with Crippen LogP contribution in [0.5, 0.6) is 17.2 Å². The number of benzene rings is 1. The number of hydrogen-bond acceptors (Lipinski definition) is 6. The first-order chi connectivity index (χ1) is 10.6. The van der Waals surface area contributed by atoms with E-state index in [0.29, 0.717) is 17.2 Å². The van der Waals surface area contributed by atoms with E-state index in [9.17, 15) is 8.42 Å². The summed E-state index contributed by atoms with van der Waals surface area (Å²) in [7, 11) is -0.226. The van der Waals surface area contributed by atoms with E-state index in [4.69, 9.17) is 19.3 Å². The molecule has 1 aromatic rings. The number of sulfone groups is 1. The molecule has 0 bridgehead atoms. The third kappa shape index (κ3) is 5.58. The SMILES string of the molecule is COc1cc(OC)c(OCCS(=O)(=O)CCO)c(C(C)(C)C)c1. The molecule has 0 atom stereocenters. The van der Waals surface area contributed by atoms with Crippen LogP contribution >= 0.6 is 0 Å². The molecule has 0 amide bonds. The molecule has 1 N–H and O–H groups in total. The highest BCUT2D eigenvalue weighted by molar-refractivity contribution is 7.91. The van der Waals surface area contributed by atoms with E-state index in [1.807, 2.05) is 26.8 Å². The maximum atomic E-state index is 11.7. The van der Waals surface area contributed by atoms with Crippen molar-refractivity contribution in [1.29, 1.82) is 0 Å². The van der Waals surface area contributed by atoms with Gasteiger partial charge in [-0.2, -0.15) is 0 Å². The molecule has 23 heavy (non-hydrogen) atoms. The van der Waals surface area contributed by atoms with Crippen LogP contribution in [-0.2, 0) is 15.3 Å². The van der Waals surface area contributed by atoms with Crippen LogP contribution in [-0.4, -0.2) is 52.5 Å². The molecule has 1 rings (SSSR count). The second-order valence-electron chi connectivity index (χ2n) is 6.18. The molecule has 0 aliphatic rings. The van der Waals surface area contributed by atoms with Crippen molar-refractivity contribution in [3.05, 3.63) is 17.7 Å². The highest BCUT2D eigenvalue weighted by atomic mass is 32.2. The average Bonchev–Trinajstić information content (AvgIpc) is 2.45. The summed E-state index contributed by atoms with van der Waals surface area (Å²) in [5, 5.41) is 8.76. The Kier molecular flexibility index (Phi) is 6.70. The lowest BCUT2D eigenvalue weighted by atomic mass is 9.86. The first-order valence-electron chi connectivity index (χ1n) is 7.35. The van der Waals surface area contributed by atoms with Crippen molar-refractivity contribution in [3.8, 4) is 17.2 Å². The van der Waals surface area contributed by atoms with Crippen LogP contribution in [0.1, 0.15) is 26.3 Å². The van der Waals surface area contributed by atoms with Gasteiger partial charge in [0.25, 0.3) is 0 Å². The fraction of sp³-hybridized carbons (Fsp3) is 0.625. The Morgan fingerprint density at radius 3 is 2.22 bits per heavy atom. The molecule has 7 heteroatoms. The smallest absolute Gasteiger partial charge is 0.165 e. The topological polar surface area (TPSA) is 82.1 Å². The third-order valence-electron chi connectivity index (χ3n) is 3.34. The van der Waals surface area contributed by atoms with Crippen molar-refractivity contribution in [1.82, 2.24) is 0 Å². The van der Waals surface area contributed by atoms with Crippen LogP contribution in [0, 0.1) is 0 Å². The van der Waals surface area contributed by atoms with Crippen LogP contribution in [0.25, 0.3) is 0 Å². The largest absolute Gasteiger partial charge is 0.497 e. The summed E-state index contributed by atoms with van der Waals surface area (Å²) in [6.45, 7) is 5.68. The summed E-state index contributed by atoms with van der Waals surface area (Å²) >= 11 is 0. The third-order valence-corrected chi connectivity index (χ3v) is 4.93. The molecule has 6 nitrogen and oxygen atoms in total. The molecular formula is C16H26O6S. The zero-order chi connectivity index (χ0) is 17.7. The van der Waals surface area contributed by atoms with Crippen molar-refractivity contribution >= 4 is 9.84 Å². The predicted molar refractivity (Wildman–Crippen MR) is 89.5 cm³/mol. The molecular weight excluding hydrogens is 320 g/mol. The van der Waals surface area contributed by atoms with Crippen LogP contribution < -0.4 is 14.2 Å². The Labute approximate surface area is 138 Å². The summed E-state index contributed by atoms with van der Waals surface area (Å²) in [4.78, 5) is 0. The zero-order valence-electron chi connectivity index (χ0n) is 14.4. The molecule has 0 aromatic heterocycles. The minimum Gasteiger partial charge on any atom is -0.497 e. The van der Waals surface area contributed by atoms with Gasteiger partial charge in [0.2, 0.25) is 0 Å². The maximum absolute atomic E-state index is 11.7. The lowest BCUT2D eigenvalue weighted by Crippen LogP contribution is -2.21. The van der Waals surface area contributed by atoms with Gasteiger partial charge < -0.3 is 19.3 Å². The second kappa shape index (κ2) is 7.88. The zero-order valence-corrected chi connectivity index (χ0v) is 15.2. The first kappa shape index (κ1) is 19.6. The number of rotatable bonds is 8. The van der Waals surface area contributed by atoms with Gasteiger partial charge in [0, 0.05) is 11.6 Å². The Morgan fingerprint density at radius 2 is 1.74 bits per heavy atom. The Balaban J connectivity index is 3.09. The fourth-order valence-corrected chi connectivity index (χ4v) is 2.88. The van der Waals surface area contributed by atoms with E-state index in [1.54, 1.807) is 13.2 Å². The lowest BCUT2D eigenvalue weighted by Gasteiger charge is -2.25. The highest BCUT2D eigenvalue weighted by Gasteiger charge is 2.24.